The van der Waals surface area contributed by atoms with Crippen molar-refractivity contribution in [3.63, 3.8) is 0 Å². The molecule has 0 saturated heterocycles. The number of ether oxygens (including phenoxy) is 1. The van der Waals surface area contributed by atoms with Gasteiger partial charge in [-0.15, -0.1) is 0 Å². The van der Waals surface area contributed by atoms with Gasteiger partial charge in [-0.1, -0.05) is 18.9 Å². The molecule has 2 heterocycles. The standard InChI is InChI=1S/C18H20ClN5O4/c1-28-17(25)14(10-12-6-4-5-9-20-12)23(13-7-2-3-8-13)16-15(24(26)27)11-21-18(19)22-16/h4-6,9,11,13-14H,2-3,7-8,10H2,1H3/t14-/m1/s1. The van der Waals surface area contributed by atoms with Gasteiger partial charge in [0, 0.05) is 24.4 Å². The third kappa shape index (κ3) is 4.36. The molecule has 0 radical (unpaired) electrons. The van der Waals surface area contributed by atoms with Gasteiger partial charge in [0.2, 0.25) is 11.1 Å². The quantitative estimate of drug-likeness (QED) is 0.299. The van der Waals surface area contributed by atoms with Crippen molar-refractivity contribution in [1.82, 2.24) is 15.0 Å². The molecule has 0 aromatic carbocycles. The van der Waals surface area contributed by atoms with Crippen molar-refractivity contribution in [3.05, 3.63) is 51.7 Å². The summed E-state index contributed by atoms with van der Waals surface area (Å²) in [4.78, 5) is 37.6. The largest absolute Gasteiger partial charge is 0.467 e. The Bertz CT molecular complexity index is 845. The smallest absolute Gasteiger partial charge is 0.329 e. The first-order valence-corrected chi connectivity index (χ1v) is 9.32. The van der Waals surface area contributed by atoms with Crippen LogP contribution in [0.3, 0.4) is 0 Å². The number of aromatic nitrogens is 3. The second-order valence-corrected chi connectivity index (χ2v) is 6.85. The summed E-state index contributed by atoms with van der Waals surface area (Å²) in [6.07, 6.45) is 6.43. The first-order chi connectivity index (χ1) is 13.5. The van der Waals surface area contributed by atoms with Crippen LogP contribution in [0.1, 0.15) is 31.4 Å². The molecule has 28 heavy (non-hydrogen) atoms. The highest BCUT2D eigenvalue weighted by molar-refractivity contribution is 6.28. The van der Waals surface area contributed by atoms with Crippen LogP contribution in [-0.2, 0) is 16.0 Å². The van der Waals surface area contributed by atoms with Crippen molar-refractivity contribution in [3.8, 4) is 0 Å². The zero-order chi connectivity index (χ0) is 20.1. The summed E-state index contributed by atoms with van der Waals surface area (Å²) in [5, 5.41) is 11.5. The number of nitro groups is 1. The topological polar surface area (TPSA) is 111 Å². The molecule has 9 nitrogen and oxygen atoms in total. The minimum atomic E-state index is -0.826. The third-order valence-corrected chi connectivity index (χ3v) is 5.00. The van der Waals surface area contributed by atoms with Crippen molar-refractivity contribution in [1.29, 1.82) is 0 Å². The summed E-state index contributed by atoms with van der Waals surface area (Å²) in [6, 6.07) is 4.47. The molecule has 0 unspecified atom stereocenters. The summed E-state index contributed by atoms with van der Waals surface area (Å²) in [5.41, 5.74) is 0.370. The van der Waals surface area contributed by atoms with Gasteiger partial charge in [0.1, 0.15) is 12.2 Å². The lowest BCUT2D eigenvalue weighted by Crippen LogP contribution is -2.49. The van der Waals surface area contributed by atoms with Gasteiger partial charge in [-0.05, 0) is 36.6 Å². The summed E-state index contributed by atoms with van der Waals surface area (Å²) >= 11 is 5.95. The van der Waals surface area contributed by atoms with E-state index in [9.17, 15) is 14.9 Å². The van der Waals surface area contributed by atoms with E-state index in [2.05, 4.69) is 15.0 Å². The van der Waals surface area contributed by atoms with Crippen LogP contribution >= 0.6 is 11.6 Å². The number of hydrogen-bond acceptors (Lipinski definition) is 8. The fourth-order valence-electron chi connectivity index (χ4n) is 3.57. The predicted octanol–water partition coefficient (Wildman–Crippen LogP) is 2.97. The van der Waals surface area contributed by atoms with Crippen LogP contribution in [0, 0.1) is 10.1 Å². The number of rotatable bonds is 7. The highest BCUT2D eigenvalue weighted by Crippen LogP contribution is 2.35. The minimum absolute atomic E-state index is 0.0308. The van der Waals surface area contributed by atoms with Crippen LogP contribution in [-0.4, -0.2) is 45.0 Å². The maximum atomic E-state index is 12.7. The molecule has 10 heteroatoms. The van der Waals surface area contributed by atoms with Crippen molar-refractivity contribution in [2.45, 2.75) is 44.2 Å². The van der Waals surface area contributed by atoms with E-state index in [0.29, 0.717) is 5.69 Å². The fourth-order valence-corrected chi connectivity index (χ4v) is 3.70. The fraction of sp³-hybridized carbons (Fsp3) is 0.444. The van der Waals surface area contributed by atoms with Gasteiger partial charge in [-0.25, -0.2) is 9.78 Å². The molecular formula is C18H20ClN5O4. The normalized spacial score (nSPS) is 15.2. The monoisotopic (exact) mass is 405 g/mol. The summed E-state index contributed by atoms with van der Waals surface area (Å²) in [7, 11) is 1.29. The number of nitrogens with zero attached hydrogens (tertiary/aromatic N) is 5. The van der Waals surface area contributed by atoms with Gasteiger partial charge in [0.05, 0.1) is 12.0 Å². The highest BCUT2D eigenvalue weighted by Gasteiger charge is 2.39. The molecular weight excluding hydrogens is 386 g/mol. The molecule has 1 fully saturated rings. The predicted molar refractivity (Wildman–Crippen MR) is 102 cm³/mol. The number of anilines is 1. The highest BCUT2D eigenvalue weighted by atomic mass is 35.5. The van der Waals surface area contributed by atoms with Gasteiger partial charge in [-0.2, -0.15) is 4.98 Å². The zero-order valence-electron chi connectivity index (χ0n) is 15.3. The van der Waals surface area contributed by atoms with E-state index in [0.717, 1.165) is 31.9 Å². The van der Waals surface area contributed by atoms with Crippen LogP contribution in [0.15, 0.2) is 30.6 Å². The summed E-state index contributed by atoms with van der Waals surface area (Å²) < 4.78 is 5.02. The third-order valence-electron chi connectivity index (χ3n) is 4.82. The number of halogens is 1. The van der Waals surface area contributed by atoms with Crippen LogP contribution in [0.2, 0.25) is 5.28 Å². The summed E-state index contributed by atoms with van der Waals surface area (Å²) in [6.45, 7) is 0. The maximum Gasteiger partial charge on any atom is 0.329 e. The van der Waals surface area contributed by atoms with Crippen molar-refractivity contribution in [2.24, 2.45) is 0 Å². The average molecular weight is 406 g/mol. The maximum absolute atomic E-state index is 12.7. The molecule has 1 atom stereocenters. The molecule has 1 aliphatic rings. The first-order valence-electron chi connectivity index (χ1n) is 8.94. The van der Waals surface area contributed by atoms with E-state index in [4.69, 9.17) is 16.3 Å². The second-order valence-electron chi connectivity index (χ2n) is 6.51. The molecule has 0 aliphatic heterocycles. The van der Waals surface area contributed by atoms with Crippen molar-refractivity contribution in [2.75, 3.05) is 12.0 Å². The molecule has 0 N–H and O–H groups in total. The molecule has 0 spiro atoms. The molecule has 0 amide bonds. The second kappa shape index (κ2) is 8.92. The van der Waals surface area contributed by atoms with E-state index in [-0.39, 0.29) is 29.3 Å². The van der Waals surface area contributed by atoms with Crippen molar-refractivity contribution < 1.29 is 14.5 Å². The Morgan fingerprint density at radius 2 is 2.14 bits per heavy atom. The molecule has 2 aromatic rings. The van der Waals surface area contributed by atoms with Gasteiger partial charge < -0.3 is 9.64 Å². The van der Waals surface area contributed by atoms with E-state index in [1.807, 2.05) is 6.07 Å². The van der Waals surface area contributed by atoms with E-state index in [1.165, 1.54) is 7.11 Å². The van der Waals surface area contributed by atoms with Gasteiger partial charge in [0.15, 0.2) is 0 Å². The van der Waals surface area contributed by atoms with Crippen LogP contribution in [0.5, 0.6) is 0 Å². The average Bonchev–Trinajstić information content (AvgIpc) is 3.22. The number of hydrogen-bond donors (Lipinski definition) is 0. The van der Waals surface area contributed by atoms with Gasteiger partial charge in [0.25, 0.3) is 0 Å². The van der Waals surface area contributed by atoms with E-state index >= 15 is 0 Å². The zero-order valence-corrected chi connectivity index (χ0v) is 16.1. The molecule has 148 valence electrons. The lowest BCUT2D eigenvalue weighted by atomic mass is 10.0. The van der Waals surface area contributed by atoms with Crippen molar-refractivity contribution >= 4 is 29.1 Å². The molecule has 3 rings (SSSR count). The molecule has 2 aromatic heterocycles. The Hall–Kier alpha value is -2.81. The number of carbonyl (C=O) groups excluding carboxylic acids is 1. The van der Waals surface area contributed by atoms with Crippen LogP contribution in [0.4, 0.5) is 11.5 Å². The number of carbonyl (C=O) groups is 1. The molecule has 1 aliphatic carbocycles. The lowest BCUT2D eigenvalue weighted by molar-refractivity contribution is -0.384. The summed E-state index contributed by atoms with van der Waals surface area (Å²) in [5.74, 6) is -0.482. The number of pyridine rings is 1. The minimum Gasteiger partial charge on any atom is -0.467 e. The Labute approximate surface area is 166 Å². The molecule has 1 saturated carbocycles. The lowest BCUT2D eigenvalue weighted by Gasteiger charge is -2.35. The Balaban J connectivity index is 2.10. The van der Waals surface area contributed by atoms with E-state index in [1.54, 1.807) is 23.2 Å². The Morgan fingerprint density at radius 1 is 1.39 bits per heavy atom. The van der Waals surface area contributed by atoms with Gasteiger partial charge in [-0.3, -0.25) is 15.1 Å². The SMILES string of the molecule is COC(=O)[C@@H](Cc1ccccn1)N(c1nc(Cl)ncc1[N+](=O)[O-])C1CCCC1. The first kappa shape index (κ1) is 19.9. The Kier molecular flexibility index (Phi) is 6.35. The molecule has 0 bridgehead atoms. The van der Waals surface area contributed by atoms with Crippen LogP contribution in [0.25, 0.3) is 0 Å². The van der Waals surface area contributed by atoms with Crippen LogP contribution < -0.4 is 4.90 Å². The number of esters is 1. The number of methoxy groups -OCH3 is 1. The van der Waals surface area contributed by atoms with Gasteiger partial charge >= 0.3 is 11.7 Å². The van der Waals surface area contributed by atoms with E-state index < -0.39 is 16.9 Å². The Morgan fingerprint density at radius 3 is 2.75 bits per heavy atom.